The molecule has 1 amide bonds. The smallest absolute Gasteiger partial charge is 0.266 e. The van der Waals surface area contributed by atoms with E-state index in [4.69, 9.17) is 16.6 Å². The maximum Gasteiger partial charge on any atom is 0.266 e. The van der Waals surface area contributed by atoms with Gasteiger partial charge in [0.05, 0.1) is 27.7 Å². The number of hydrogen-bond donors (Lipinski definition) is 0. The molecule has 2 aromatic carbocycles. The highest BCUT2D eigenvalue weighted by atomic mass is 35.5. The SMILES string of the molecule is CCCN(C(=O)CCC1CCCC1)C(C)c1nc2ccccc2c(=O)n1-c1ccc(F)c(Cl)c1. The Balaban J connectivity index is 1.77. The van der Waals surface area contributed by atoms with Crippen molar-refractivity contribution in [1.29, 1.82) is 0 Å². The molecule has 1 aromatic heterocycles. The van der Waals surface area contributed by atoms with E-state index in [1.165, 1.54) is 48.4 Å². The summed E-state index contributed by atoms with van der Waals surface area (Å²) in [6.45, 7) is 4.50. The lowest BCUT2D eigenvalue weighted by atomic mass is 10.0. The number of halogens is 2. The topological polar surface area (TPSA) is 55.2 Å². The minimum atomic E-state index is -0.559. The summed E-state index contributed by atoms with van der Waals surface area (Å²) in [5.74, 6) is 0.582. The number of rotatable bonds is 8. The molecule has 3 aromatic rings. The molecule has 1 atom stereocenters. The summed E-state index contributed by atoms with van der Waals surface area (Å²) in [7, 11) is 0. The van der Waals surface area contributed by atoms with Gasteiger partial charge in [0.1, 0.15) is 11.6 Å². The quantitative estimate of drug-likeness (QED) is 0.370. The molecule has 0 aliphatic heterocycles. The van der Waals surface area contributed by atoms with Crippen LogP contribution in [0.4, 0.5) is 4.39 Å². The first-order chi connectivity index (χ1) is 16.4. The molecule has 0 radical (unpaired) electrons. The first kappa shape index (κ1) is 24.4. The molecule has 0 N–H and O–H groups in total. The highest BCUT2D eigenvalue weighted by Gasteiger charge is 2.27. The van der Waals surface area contributed by atoms with Crippen LogP contribution in [0.15, 0.2) is 47.3 Å². The van der Waals surface area contributed by atoms with Gasteiger partial charge in [0.15, 0.2) is 0 Å². The predicted molar refractivity (Wildman–Crippen MR) is 134 cm³/mol. The van der Waals surface area contributed by atoms with E-state index in [-0.39, 0.29) is 16.5 Å². The summed E-state index contributed by atoms with van der Waals surface area (Å²) in [4.78, 5) is 33.6. The van der Waals surface area contributed by atoms with E-state index in [9.17, 15) is 14.0 Å². The second kappa shape index (κ2) is 10.7. The van der Waals surface area contributed by atoms with E-state index in [0.717, 1.165) is 12.8 Å². The Kier molecular flexibility index (Phi) is 7.67. The number of hydrogen-bond acceptors (Lipinski definition) is 3. The minimum absolute atomic E-state index is 0.0748. The third-order valence-corrected chi connectivity index (χ3v) is 7.12. The zero-order valence-electron chi connectivity index (χ0n) is 19.8. The zero-order valence-corrected chi connectivity index (χ0v) is 20.5. The van der Waals surface area contributed by atoms with Gasteiger partial charge in [0.25, 0.3) is 5.56 Å². The molecule has 1 heterocycles. The van der Waals surface area contributed by atoms with Gasteiger partial charge in [0.2, 0.25) is 5.91 Å². The van der Waals surface area contributed by atoms with Crippen molar-refractivity contribution in [2.75, 3.05) is 6.54 Å². The number of nitrogens with zero attached hydrogens (tertiary/aromatic N) is 3. The third-order valence-electron chi connectivity index (χ3n) is 6.83. The van der Waals surface area contributed by atoms with Crippen molar-refractivity contribution >= 4 is 28.4 Å². The van der Waals surface area contributed by atoms with E-state index < -0.39 is 11.9 Å². The fourth-order valence-electron chi connectivity index (χ4n) is 4.99. The van der Waals surface area contributed by atoms with Crippen molar-refractivity contribution in [3.8, 4) is 5.69 Å². The molecule has 180 valence electrons. The molecular formula is C27H31ClFN3O2. The second-order valence-electron chi connectivity index (χ2n) is 9.18. The molecule has 1 unspecified atom stereocenters. The molecular weight excluding hydrogens is 453 g/mol. The van der Waals surface area contributed by atoms with Crippen LogP contribution in [0.5, 0.6) is 0 Å². The molecule has 1 aliphatic carbocycles. The summed E-state index contributed by atoms with van der Waals surface area (Å²) < 4.78 is 15.4. The van der Waals surface area contributed by atoms with Crippen LogP contribution >= 0.6 is 11.6 Å². The van der Waals surface area contributed by atoms with E-state index in [1.54, 1.807) is 18.2 Å². The molecule has 34 heavy (non-hydrogen) atoms. The Morgan fingerprint density at radius 1 is 1.24 bits per heavy atom. The number of aromatic nitrogens is 2. The number of carbonyl (C=O) groups excluding carboxylic acids is 1. The van der Waals surface area contributed by atoms with Crippen LogP contribution < -0.4 is 5.56 Å². The van der Waals surface area contributed by atoms with Crippen molar-refractivity contribution in [2.45, 2.75) is 64.8 Å². The second-order valence-corrected chi connectivity index (χ2v) is 9.59. The van der Waals surface area contributed by atoms with Crippen molar-refractivity contribution < 1.29 is 9.18 Å². The van der Waals surface area contributed by atoms with Gasteiger partial charge in [0, 0.05) is 13.0 Å². The van der Waals surface area contributed by atoms with E-state index in [0.29, 0.717) is 41.3 Å². The van der Waals surface area contributed by atoms with Gasteiger partial charge in [-0.15, -0.1) is 0 Å². The first-order valence-electron chi connectivity index (χ1n) is 12.2. The molecule has 1 saturated carbocycles. The van der Waals surface area contributed by atoms with Gasteiger partial charge in [-0.1, -0.05) is 56.3 Å². The van der Waals surface area contributed by atoms with Crippen LogP contribution in [0.3, 0.4) is 0 Å². The lowest BCUT2D eigenvalue weighted by molar-refractivity contribution is -0.134. The number of benzene rings is 2. The molecule has 7 heteroatoms. The van der Waals surface area contributed by atoms with Crippen LogP contribution in [0.1, 0.15) is 70.7 Å². The number of para-hydroxylation sites is 1. The maximum absolute atomic E-state index is 13.9. The lowest BCUT2D eigenvalue weighted by Gasteiger charge is -2.31. The fraction of sp³-hybridized carbons (Fsp3) is 0.444. The molecule has 0 spiro atoms. The number of fused-ring (bicyclic) bond motifs is 1. The van der Waals surface area contributed by atoms with Crippen LogP contribution in [0.25, 0.3) is 16.6 Å². The summed E-state index contributed by atoms with van der Waals surface area (Å²) in [5.41, 5.74) is 0.713. The molecule has 5 nitrogen and oxygen atoms in total. The molecule has 0 bridgehead atoms. The van der Waals surface area contributed by atoms with Gasteiger partial charge in [-0.2, -0.15) is 0 Å². The van der Waals surface area contributed by atoms with Crippen molar-refractivity contribution in [1.82, 2.24) is 14.5 Å². The average molecular weight is 484 g/mol. The highest BCUT2D eigenvalue weighted by Crippen LogP contribution is 2.30. The Hall–Kier alpha value is -2.73. The van der Waals surface area contributed by atoms with Crippen LogP contribution in [0, 0.1) is 11.7 Å². The Morgan fingerprint density at radius 2 is 1.97 bits per heavy atom. The van der Waals surface area contributed by atoms with E-state index in [2.05, 4.69) is 0 Å². The van der Waals surface area contributed by atoms with Gasteiger partial charge in [-0.05, 0) is 56.0 Å². The monoisotopic (exact) mass is 483 g/mol. The largest absolute Gasteiger partial charge is 0.333 e. The number of carbonyl (C=O) groups is 1. The average Bonchev–Trinajstić information content (AvgIpc) is 3.36. The Bertz CT molecular complexity index is 1240. The molecule has 1 fully saturated rings. The fourth-order valence-corrected chi connectivity index (χ4v) is 5.16. The summed E-state index contributed by atoms with van der Waals surface area (Å²) >= 11 is 6.06. The highest BCUT2D eigenvalue weighted by molar-refractivity contribution is 6.30. The molecule has 0 saturated heterocycles. The molecule has 4 rings (SSSR count). The van der Waals surface area contributed by atoms with Crippen LogP contribution in [-0.2, 0) is 4.79 Å². The van der Waals surface area contributed by atoms with E-state index >= 15 is 0 Å². The van der Waals surface area contributed by atoms with Gasteiger partial charge in [-0.3, -0.25) is 14.2 Å². The summed E-state index contributed by atoms with van der Waals surface area (Å²) in [6, 6.07) is 10.9. The van der Waals surface area contributed by atoms with Crippen LogP contribution in [0.2, 0.25) is 5.02 Å². The maximum atomic E-state index is 13.9. The molecule has 1 aliphatic rings. The number of amides is 1. The first-order valence-corrected chi connectivity index (χ1v) is 12.5. The van der Waals surface area contributed by atoms with Crippen molar-refractivity contribution in [3.63, 3.8) is 0 Å². The van der Waals surface area contributed by atoms with Crippen molar-refractivity contribution in [2.24, 2.45) is 5.92 Å². The normalized spacial score (nSPS) is 15.1. The summed E-state index contributed by atoms with van der Waals surface area (Å²) in [6.07, 6.45) is 7.09. The van der Waals surface area contributed by atoms with Crippen molar-refractivity contribution in [3.05, 3.63) is 69.5 Å². The predicted octanol–water partition coefficient (Wildman–Crippen LogP) is 6.45. The van der Waals surface area contributed by atoms with Gasteiger partial charge >= 0.3 is 0 Å². The third kappa shape index (κ3) is 5.02. The zero-order chi connectivity index (χ0) is 24.2. The van der Waals surface area contributed by atoms with Crippen LogP contribution in [-0.4, -0.2) is 26.9 Å². The lowest BCUT2D eigenvalue weighted by Crippen LogP contribution is -2.38. The van der Waals surface area contributed by atoms with Gasteiger partial charge < -0.3 is 4.90 Å². The minimum Gasteiger partial charge on any atom is -0.333 e. The Labute approximate surface area is 204 Å². The van der Waals surface area contributed by atoms with Gasteiger partial charge in [-0.25, -0.2) is 9.37 Å². The summed E-state index contributed by atoms with van der Waals surface area (Å²) in [5, 5.41) is 0.378. The van der Waals surface area contributed by atoms with E-state index in [1.807, 2.05) is 24.8 Å². The standard InChI is InChI=1S/C27H31ClFN3O2/c1-3-16-31(25(33)15-12-19-8-4-5-9-19)18(2)26-30-24-11-7-6-10-21(24)27(34)32(26)20-13-14-23(29)22(28)17-20/h6-7,10-11,13-14,17-19H,3-5,8-9,12,15-16H2,1-2H3. The Morgan fingerprint density at radius 3 is 2.68 bits per heavy atom.